The lowest BCUT2D eigenvalue weighted by atomic mass is 10.1. The third-order valence-electron chi connectivity index (χ3n) is 3.26. The molecule has 0 saturated carbocycles. The molecular formula is C14H18O5. The second-order valence-electron chi connectivity index (χ2n) is 4.68. The van der Waals surface area contributed by atoms with E-state index in [1.807, 2.05) is 18.2 Å². The summed E-state index contributed by atoms with van der Waals surface area (Å²) in [6.45, 7) is 2.50. The van der Waals surface area contributed by atoms with Crippen molar-refractivity contribution in [2.45, 2.75) is 25.2 Å². The Hall–Kier alpha value is -1.30. The summed E-state index contributed by atoms with van der Waals surface area (Å²) >= 11 is 0. The Balaban J connectivity index is 1.71. The number of hydrogen-bond acceptors (Lipinski definition) is 5. The smallest absolute Gasteiger partial charge is 0.161 e. The van der Waals surface area contributed by atoms with Gasteiger partial charge in [-0.2, -0.15) is 0 Å². The predicted octanol–water partition coefficient (Wildman–Crippen LogP) is 1.64. The minimum absolute atomic E-state index is 0.314. The number of hydrogen-bond donors (Lipinski definition) is 1. The summed E-state index contributed by atoms with van der Waals surface area (Å²) in [7, 11) is 0. The largest absolute Gasteiger partial charge is 0.490 e. The van der Waals surface area contributed by atoms with Crippen molar-refractivity contribution < 1.29 is 24.1 Å². The monoisotopic (exact) mass is 266 g/mol. The molecule has 1 unspecified atom stereocenters. The first-order valence-corrected chi connectivity index (χ1v) is 6.64. The molecule has 0 aliphatic carbocycles. The van der Waals surface area contributed by atoms with E-state index >= 15 is 0 Å². The summed E-state index contributed by atoms with van der Waals surface area (Å²) in [5.41, 5.74) is 0.795. The normalized spacial score (nSPS) is 21.1. The van der Waals surface area contributed by atoms with E-state index in [1.54, 1.807) is 0 Å². The second kappa shape index (κ2) is 5.77. The molecule has 5 nitrogen and oxygen atoms in total. The van der Waals surface area contributed by atoms with Crippen LogP contribution in [0.4, 0.5) is 0 Å². The van der Waals surface area contributed by atoms with Crippen molar-refractivity contribution in [1.29, 1.82) is 0 Å². The third kappa shape index (κ3) is 3.00. The number of aliphatic hydroxyl groups excluding tert-OH is 1. The minimum Gasteiger partial charge on any atom is -0.490 e. The summed E-state index contributed by atoms with van der Waals surface area (Å²) < 4.78 is 21.9. The lowest BCUT2D eigenvalue weighted by Gasteiger charge is -2.16. The van der Waals surface area contributed by atoms with Gasteiger partial charge in [0.05, 0.1) is 32.5 Å². The van der Waals surface area contributed by atoms with Crippen LogP contribution in [0.3, 0.4) is 0 Å². The van der Waals surface area contributed by atoms with Crippen molar-refractivity contribution in [2.24, 2.45) is 0 Å². The minimum atomic E-state index is -0.625. The molecule has 1 N–H and O–H groups in total. The van der Waals surface area contributed by atoms with Crippen molar-refractivity contribution in [3.8, 4) is 11.5 Å². The van der Waals surface area contributed by atoms with Gasteiger partial charge in [-0.25, -0.2) is 0 Å². The van der Waals surface area contributed by atoms with E-state index in [1.165, 1.54) is 0 Å². The first kappa shape index (κ1) is 12.7. The maximum Gasteiger partial charge on any atom is 0.161 e. The SMILES string of the molecule is OC(CC1OCCO1)c1ccc2c(c1)OCCCO2. The van der Waals surface area contributed by atoms with Gasteiger partial charge in [0.1, 0.15) is 0 Å². The summed E-state index contributed by atoms with van der Waals surface area (Å²) in [6, 6.07) is 5.53. The second-order valence-corrected chi connectivity index (χ2v) is 4.68. The highest BCUT2D eigenvalue weighted by Gasteiger charge is 2.22. The van der Waals surface area contributed by atoms with Gasteiger partial charge < -0.3 is 24.1 Å². The van der Waals surface area contributed by atoms with E-state index < -0.39 is 6.10 Å². The van der Waals surface area contributed by atoms with Gasteiger partial charge in [0.15, 0.2) is 17.8 Å². The van der Waals surface area contributed by atoms with Gasteiger partial charge in [-0.15, -0.1) is 0 Å². The molecule has 19 heavy (non-hydrogen) atoms. The zero-order chi connectivity index (χ0) is 13.1. The van der Waals surface area contributed by atoms with Crippen LogP contribution >= 0.6 is 0 Å². The Morgan fingerprint density at radius 1 is 1.05 bits per heavy atom. The lowest BCUT2D eigenvalue weighted by molar-refractivity contribution is -0.0708. The average Bonchev–Trinajstić information content (AvgIpc) is 2.81. The Labute approximate surface area is 112 Å². The van der Waals surface area contributed by atoms with Crippen molar-refractivity contribution in [2.75, 3.05) is 26.4 Å². The van der Waals surface area contributed by atoms with E-state index in [2.05, 4.69) is 0 Å². The standard InChI is InChI=1S/C14H18O5/c15-11(9-14-18-6-7-19-14)10-2-3-12-13(8-10)17-5-1-4-16-12/h2-3,8,11,14-15H,1,4-7,9H2. The van der Waals surface area contributed by atoms with Crippen molar-refractivity contribution >= 4 is 0 Å². The maximum atomic E-state index is 10.2. The maximum absolute atomic E-state index is 10.2. The van der Waals surface area contributed by atoms with E-state index in [9.17, 15) is 5.11 Å². The van der Waals surface area contributed by atoms with Crippen LogP contribution in [-0.2, 0) is 9.47 Å². The fourth-order valence-electron chi connectivity index (χ4n) is 2.25. The highest BCUT2D eigenvalue weighted by Crippen LogP contribution is 2.33. The lowest BCUT2D eigenvalue weighted by Crippen LogP contribution is -2.13. The fraction of sp³-hybridized carbons (Fsp3) is 0.571. The summed E-state index contributed by atoms with van der Waals surface area (Å²) in [5, 5.41) is 10.2. The van der Waals surface area contributed by atoms with Crippen LogP contribution in [0.2, 0.25) is 0 Å². The van der Waals surface area contributed by atoms with E-state index in [0.717, 1.165) is 17.7 Å². The molecule has 0 radical (unpaired) electrons. The summed E-state index contributed by atoms with van der Waals surface area (Å²) in [4.78, 5) is 0. The van der Waals surface area contributed by atoms with Gasteiger partial charge in [-0.3, -0.25) is 0 Å². The first-order valence-electron chi connectivity index (χ1n) is 6.64. The van der Waals surface area contributed by atoms with Crippen LogP contribution in [0.15, 0.2) is 18.2 Å². The number of ether oxygens (including phenoxy) is 4. The molecule has 1 atom stereocenters. The van der Waals surface area contributed by atoms with Crippen LogP contribution in [0.5, 0.6) is 11.5 Å². The molecule has 3 rings (SSSR count). The molecule has 1 fully saturated rings. The van der Waals surface area contributed by atoms with Crippen LogP contribution in [-0.4, -0.2) is 37.8 Å². The van der Waals surface area contributed by atoms with E-state index in [0.29, 0.717) is 38.6 Å². The Kier molecular flexibility index (Phi) is 3.87. The molecule has 0 bridgehead atoms. The van der Waals surface area contributed by atoms with Gasteiger partial charge in [0.25, 0.3) is 0 Å². The highest BCUT2D eigenvalue weighted by molar-refractivity contribution is 5.44. The third-order valence-corrected chi connectivity index (χ3v) is 3.26. The van der Waals surface area contributed by atoms with Crippen LogP contribution < -0.4 is 9.47 Å². The topological polar surface area (TPSA) is 57.2 Å². The van der Waals surface area contributed by atoms with Gasteiger partial charge in [-0.05, 0) is 17.7 Å². The average molecular weight is 266 g/mol. The summed E-state index contributed by atoms with van der Waals surface area (Å²) in [6.07, 6.45) is 0.363. The molecule has 5 heteroatoms. The number of fused-ring (bicyclic) bond motifs is 1. The van der Waals surface area contributed by atoms with Crippen molar-refractivity contribution in [3.63, 3.8) is 0 Å². The Morgan fingerprint density at radius 3 is 2.58 bits per heavy atom. The molecule has 1 saturated heterocycles. The zero-order valence-corrected chi connectivity index (χ0v) is 10.7. The van der Waals surface area contributed by atoms with Crippen molar-refractivity contribution in [3.05, 3.63) is 23.8 Å². The molecular weight excluding hydrogens is 248 g/mol. The van der Waals surface area contributed by atoms with Crippen molar-refractivity contribution in [1.82, 2.24) is 0 Å². The molecule has 2 heterocycles. The molecule has 104 valence electrons. The van der Waals surface area contributed by atoms with E-state index in [4.69, 9.17) is 18.9 Å². The van der Waals surface area contributed by atoms with Gasteiger partial charge in [0, 0.05) is 12.8 Å². The fourth-order valence-corrected chi connectivity index (χ4v) is 2.25. The highest BCUT2D eigenvalue weighted by atomic mass is 16.7. The molecule has 0 amide bonds. The molecule has 0 spiro atoms. The quantitative estimate of drug-likeness (QED) is 0.901. The zero-order valence-electron chi connectivity index (χ0n) is 10.7. The summed E-state index contributed by atoms with van der Waals surface area (Å²) in [5.74, 6) is 1.43. The van der Waals surface area contributed by atoms with Crippen LogP contribution in [0, 0.1) is 0 Å². The molecule has 2 aliphatic rings. The number of rotatable bonds is 3. The predicted molar refractivity (Wildman–Crippen MR) is 67.3 cm³/mol. The molecule has 2 aliphatic heterocycles. The molecule has 1 aromatic rings. The van der Waals surface area contributed by atoms with Crippen LogP contribution in [0.1, 0.15) is 24.5 Å². The van der Waals surface area contributed by atoms with Gasteiger partial charge in [0.2, 0.25) is 0 Å². The van der Waals surface area contributed by atoms with Gasteiger partial charge >= 0.3 is 0 Å². The molecule has 0 aromatic heterocycles. The van der Waals surface area contributed by atoms with E-state index in [-0.39, 0.29) is 6.29 Å². The first-order chi connectivity index (χ1) is 9.33. The Bertz CT molecular complexity index is 428. The number of benzene rings is 1. The van der Waals surface area contributed by atoms with Gasteiger partial charge in [-0.1, -0.05) is 6.07 Å². The van der Waals surface area contributed by atoms with Crippen LogP contribution in [0.25, 0.3) is 0 Å². The Morgan fingerprint density at radius 2 is 1.79 bits per heavy atom. The number of aliphatic hydroxyl groups is 1. The molecule has 1 aromatic carbocycles.